The lowest BCUT2D eigenvalue weighted by atomic mass is 10.1. The minimum atomic E-state index is -1.63. The summed E-state index contributed by atoms with van der Waals surface area (Å²) in [5.41, 5.74) is 0. The maximum absolute atomic E-state index is 12.9. The van der Waals surface area contributed by atoms with Gasteiger partial charge in [0.2, 0.25) is 0 Å². The van der Waals surface area contributed by atoms with E-state index < -0.39 is 24.3 Å². The summed E-state index contributed by atoms with van der Waals surface area (Å²) in [6, 6.07) is 0. The molecule has 9 nitrogen and oxygen atoms in total. The van der Waals surface area contributed by atoms with Crippen LogP contribution in [-0.4, -0.2) is 82.3 Å². The number of aliphatic carboxylic acids is 1. The molecule has 0 aliphatic heterocycles. The van der Waals surface area contributed by atoms with Gasteiger partial charge in [0.25, 0.3) is 0 Å². The third kappa shape index (κ3) is 62.8. The van der Waals surface area contributed by atoms with Crippen LogP contribution in [0.4, 0.5) is 0 Å². The van der Waals surface area contributed by atoms with Gasteiger partial charge in [0, 0.05) is 12.8 Å². The van der Waals surface area contributed by atoms with E-state index in [-0.39, 0.29) is 38.6 Å². The predicted molar refractivity (Wildman–Crippen MR) is 347 cm³/mol. The van der Waals surface area contributed by atoms with Crippen molar-refractivity contribution in [2.24, 2.45) is 0 Å². The third-order valence-corrected chi connectivity index (χ3v) is 13.3. The molecule has 0 fully saturated rings. The highest BCUT2D eigenvalue weighted by Crippen LogP contribution is 2.14. The predicted octanol–water partition coefficient (Wildman–Crippen LogP) is 18.6. The zero-order chi connectivity index (χ0) is 59.8. The van der Waals surface area contributed by atoms with E-state index in [0.29, 0.717) is 17.4 Å². The van der Waals surface area contributed by atoms with Gasteiger partial charge >= 0.3 is 11.9 Å². The second-order valence-corrected chi connectivity index (χ2v) is 22.3. The number of hydrogen-bond acceptors (Lipinski definition) is 8. The molecule has 0 aromatic heterocycles. The van der Waals surface area contributed by atoms with E-state index in [0.717, 1.165) is 128 Å². The fraction of sp³-hybridized carbons (Fsp3) is 0.630. The molecule has 0 amide bonds. The van der Waals surface area contributed by atoms with Crippen LogP contribution in [0.1, 0.15) is 239 Å². The Hall–Kier alpha value is -4.83. The molecule has 0 aliphatic rings. The largest absolute Gasteiger partial charge is 0.545 e. The SMILES string of the molecule is CC/C=C\C/C=C\C/C=C\C/C=C\C/C=C\C/C=C\C/C=C\C/C=C\C/C=C\C/C=C\CCCCCCCCCCC(=O)OC(COC(=O)CCCCCCCCC/C=C\C/C=C\CCCCCC)COC(OCC[N+](C)(C)C)C(=O)[O-]. The second-order valence-electron chi connectivity index (χ2n) is 22.3. The second kappa shape index (κ2) is 62.2. The molecular weight excluding hydrogens is 1020 g/mol. The summed E-state index contributed by atoms with van der Waals surface area (Å²) < 4.78 is 22.7. The number of carboxylic acid groups (broad SMARTS) is 1. The lowest BCUT2D eigenvalue weighted by molar-refractivity contribution is -0.870. The molecule has 0 saturated carbocycles. The molecule has 2 atom stereocenters. The van der Waals surface area contributed by atoms with Crippen molar-refractivity contribution in [2.75, 3.05) is 47.5 Å². The van der Waals surface area contributed by atoms with Crippen LogP contribution in [0.25, 0.3) is 0 Å². The molecule has 0 aliphatic carbocycles. The average molecular weight is 1140 g/mol. The summed E-state index contributed by atoms with van der Waals surface area (Å²) in [4.78, 5) is 37.4. The van der Waals surface area contributed by atoms with Gasteiger partial charge in [-0.05, 0) is 122 Å². The molecule has 9 heteroatoms. The molecule has 0 rings (SSSR count). The highest BCUT2D eigenvalue weighted by atomic mass is 16.7. The summed E-state index contributed by atoms with van der Waals surface area (Å²) in [6.45, 7) is 4.58. The van der Waals surface area contributed by atoms with Gasteiger partial charge in [0.1, 0.15) is 13.2 Å². The molecule has 0 aromatic carbocycles. The molecule has 0 radical (unpaired) electrons. The Bertz CT molecular complexity index is 1850. The van der Waals surface area contributed by atoms with E-state index in [1.807, 2.05) is 21.1 Å². The lowest BCUT2D eigenvalue weighted by Crippen LogP contribution is -2.44. The number of rotatable bonds is 58. The Kier molecular flexibility index (Phi) is 58.6. The number of hydrogen-bond donors (Lipinski definition) is 0. The van der Waals surface area contributed by atoms with Crippen molar-refractivity contribution < 1.29 is 42.9 Å². The van der Waals surface area contributed by atoms with E-state index in [4.69, 9.17) is 18.9 Å². The number of carbonyl (C=O) groups is 3. The highest BCUT2D eigenvalue weighted by molar-refractivity contribution is 5.70. The molecule has 0 N–H and O–H groups in total. The van der Waals surface area contributed by atoms with Crippen molar-refractivity contribution in [3.63, 3.8) is 0 Å². The monoisotopic (exact) mass is 1140 g/mol. The van der Waals surface area contributed by atoms with Gasteiger partial charge in [-0.15, -0.1) is 0 Å². The zero-order valence-electron chi connectivity index (χ0n) is 52.8. The first-order valence-electron chi connectivity index (χ1n) is 32.5. The van der Waals surface area contributed by atoms with Gasteiger partial charge in [0.05, 0.1) is 40.3 Å². The van der Waals surface area contributed by atoms with Crippen molar-refractivity contribution in [2.45, 2.75) is 251 Å². The minimum absolute atomic E-state index is 0.137. The number of likely N-dealkylation sites (N-methyl/N-ethyl adjacent to an activating group) is 1. The lowest BCUT2D eigenvalue weighted by Gasteiger charge is -2.26. The van der Waals surface area contributed by atoms with Gasteiger partial charge in [-0.3, -0.25) is 9.59 Å². The fourth-order valence-corrected chi connectivity index (χ4v) is 8.36. The van der Waals surface area contributed by atoms with Crippen LogP contribution >= 0.6 is 0 Å². The molecule has 0 heterocycles. The molecule has 0 aromatic rings. The standard InChI is InChI=1S/C73H119NO8/c1-6-8-10-12-14-16-18-20-22-24-26-27-28-29-30-31-32-33-34-35-36-37-38-39-40-41-42-43-44-45-46-48-50-52-54-56-58-60-62-64-71(76)82-69(68-81-73(72(77)78)79-66-65-74(3,4)5)67-80-70(75)63-61-59-57-55-53-51-49-47-25-23-21-19-17-15-13-11-9-7-2/h8,10,14,16-17,19-20,22-23,25-27,29-30,32-33,35-36,38-39,41-42,44-45,69,73H,6-7,9,11-13,15,18,21,24,28,31,34,37,40,43,46-68H2,1-5H3/b10-8-,16-14-,19-17-,22-20-,25-23-,27-26-,30-29-,33-32-,36-35-,39-38-,42-41-,45-44-. The first-order chi connectivity index (χ1) is 40.1. The van der Waals surface area contributed by atoms with Crippen molar-refractivity contribution in [3.05, 3.63) is 146 Å². The van der Waals surface area contributed by atoms with Crippen LogP contribution in [0.5, 0.6) is 0 Å². The quantitative estimate of drug-likeness (QED) is 0.0195. The van der Waals surface area contributed by atoms with E-state index in [1.165, 1.54) is 77.0 Å². The first-order valence-corrected chi connectivity index (χ1v) is 32.5. The zero-order valence-corrected chi connectivity index (χ0v) is 52.8. The van der Waals surface area contributed by atoms with E-state index in [9.17, 15) is 19.5 Å². The molecular formula is C73H119NO8. The first kappa shape index (κ1) is 77.2. The summed E-state index contributed by atoms with van der Waals surface area (Å²) in [5, 5.41) is 11.8. The Morgan fingerprint density at radius 1 is 0.378 bits per heavy atom. The Morgan fingerprint density at radius 2 is 0.695 bits per heavy atom. The Labute approximate surface area is 502 Å². The number of carboxylic acids is 1. The summed E-state index contributed by atoms with van der Waals surface area (Å²) in [6.07, 6.45) is 87.6. The number of quaternary nitrogens is 1. The molecule has 464 valence electrons. The van der Waals surface area contributed by atoms with Gasteiger partial charge in [0.15, 0.2) is 12.4 Å². The highest BCUT2D eigenvalue weighted by Gasteiger charge is 2.22. The van der Waals surface area contributed by atoms with Crippen LogP contribution in [0.3, 0.4) is 0 Å². The smallest absolute Gasteiger partial charge is 0.306 e. The molecule has 82 heavy (non-hydrogen) atoms. The van der Waals surface area contributed by atoms with Crippen molar-refractivity contribution in [1.29, 1.82) is 0 Å². The van der Waals surface area contributed by atoms with Crippen LogP contribution in [0, 0.1) is 0 Å². The molecule has 0 spiro atoms. The van der Waals surface area contributed by atoms with E-state index >= 15 is 0 Å². The topological polar surface area (TPSA) is 111 Å². The third-order valence-electron chi connectivity index (χ3n) is 13.3. The average Bonchev–Trinajstić information content (AvgIpc) is 3.45. The summed E-state index contributed by atoms with van der Waals surface area (Å²) in [7, 11) is 5.91. The van der Waals surface area contributed by atoms with E-state index in [1.54, 1.807) is 0 Å². The van der Waals surface area contributed by atoms with Crippen molar-refractivity contribution >= 4 is 17.9 Å². The van der Waals surface area contributed by atoms with Gasteiger partial charge in [-0.2, -0.15) is 0 Å². The number of unbranched alkanes of at least 4 members (excludes halogenated alkanes) is 19. The number of allylic oxidation sites excluding steroid dienone is 24. The minimum Gasteiger partial charge on any atom is -0.545 e. The maximum atomic E-state index is 12.9. The molecule has 0 bridgehead atoms. The van der Waals surface area contributed by atoms with Crippen LogP contribution in [0.2, 0.25) is 0 Å². The molecule has 0 saturated heterocycles. The Balaban J connectivity index is 4.21. The summed E-state index contributed by atoms with van der Waals surface area (Å²) >= 11 is 0. The number of nitrogens with zero attached hydrogens (tertiary/aromatic N) is 1. The van der Waals surface area contributed by atoms with Crippen LogP contribution in [-0.2, 0) is 33.3 Å². The number of carbonyl (C=O) groups excluding carboxylic acids is 3. The maximum Gasteiger partial charge on any atom is 0.306 e. The van der Waals surface area contributed by atoms with E-state index in [2.05, 4.69) is 160 Å². The number of ether oxygens (including phenoxy) is 4. The van der Waals surface area contributed by atoms with Gasteiger partial charge in [-0.25, -0.2) is 0 Å². The Morgan fingerprint density at radius 3 is 1.04 bits per heavy atom. The van der Waals surface area contributed by atoms with Crippen molar-refractivity contribution in [3.8, 4) is 0 Å². The molecule has 2 unspecified atom stereocenters. The van der Waals surface area contributed by atoms with Gasteiger partial charge < -0.3 is 33.3 Å². The fourth-order valence-electron chi connectivity index (χ4n) is 8.36. The summed E-state index contributed by atoms with van der Waals surface area (Å²) in [5.74, 6) is -2.32. The van der Waals surface area contributed by atoms with Gasteiger partial charge in [-0.1, -0.05) is 250 Å². The normalized spacial score (nSPS) is 13.7. The number of esters is 2. The van der Waals surface area contributed by atoms with Crippen LogP contribution < -0.4 is 5.11 Å². The van der Waals surface area contributed by atoms with Crippen LogP contribution in [0.15, 0.2) is 146 Å². The van der Waals surface area contributed by atoms with Crippen molar-refractivity contribution in [1.82, 2.24) is 0 Å².